The van der Waals surface area contributed by atoms with Crippen molar-refractivity contribution in [2.75, 3.05) is 32.0 Å². The molecule has 142 valence electrons. The SMILES string of the molecule is Nc1nc(CCC(=O)N2CCN3C(=O)OCC3(Cc3ccccc3)C2)cs1. The fourth-order valence-electron chi connectivity index (χ4n) is 3.88. The van der Waals surface area contributed by atoms with Gasteiger partial charge in [0, 0.05) is 37.9 Å². The smallest absolute Gasteiger partial charge is 0.410 e. The molecule has 1 aromatic heterocycles. The van der Waals surface area contributed by atoms with Crippen LogP contribution in [-0.2, 0) is 22.4 Å². The first-order chi connectivity index (χ1) is 13.1. The number of carbonyl (C=O) groups is 2. The van der Waals surface area contributed by atoms with Crippen molar-refractivity contribution in [3.8, 4) is 0 Å². The summed E-state index contributed by atoms with van der Waals surface area (Å²) in [6.07, 6.45) is 1.36. The van der Waals surface area contributed by atoms with Crippen molar-refractivity contribution in [3.63, 3.8) is 0 Å². The van der Waals surface area contributed by atoms with Crippen LogP contribution >= 0.6 is 11.3 Å². The summed E-state index contributed by atoms with van der Waals surface area (Å²) in [4.78, 5) is 32.8. The number of carbonyl (C=O) groups excluding carboxylic acids is 2. The minimum absolute atomic E-state index is 0.0769. The average molecular weight is 386 g/mol. The zero-order valence-electron chi connectivity index (χ0n) is 15.0. The maximum atomic E-state index is 12.8. The maximum absolute atomic E-state index is 12.8. The van der Waals surface area contributed by atoms with Crippen molar-refractivity contribution in [1.82, 2.24) is 14.8 Å². The van der Waals surface area contributed by atoms with Crippen molar-refractivity contribution in [2.24, 2.45) is 0 Å². The second-order valence-corrected chi connectivity index (χ2v) is 7.97. The van der Waals surface area contributed by atoms with E-state index in [0.717, 1.165) is 11.3 Å². The predicted molar refractivity (Wildman–Crippen MR) is 102 cm³/mol. The van der Waals surface area contributed by atoms with Crippen molar-refractivity contribution in [2.45, 2.75) is 24.8 Å². The number of nitrogens with two attached hydrogens (primary N) is 1. The summed E-state index contributed by atoms with van der Waals surface area (Å²) >= 11 is 1.39. The Labute approximate surface area is 161 Å². The number of hydrogen-bond donors (Lipinski definition) is 1. The fourth-order valence-corrected chi connectivity index (χ4v) is 4.48. The molecule has 4 rings (SSSR count). The van der Waals surface area contributed by atoms with Crippen LogP contribution in [0.1, 0.15) is 17.7 Å². The Morgan fingerprint density at radius 2 is 2.11 bits per heavy atom. The number of thiazole rings is 1. The van der Waals surface area contributed by atoms with E-state index in [1.54, 1.807) is 4.90 Å². The van der Waals surface area contributed by atoms with Crippen molar-refractivity contribution in [3.05, 3.63) is 47.0 Å². The van der Waals surface area contributed by atoms with E-state index in [0.29, 0.717) is 50.6 Å². The van der Waals surface area contributed by atoms with E-state index in [2.05, 4.69) is 4.98 Å². The number of aryl methyl sites for hydroxylation is 1. The van der Waals surface area contributed by atoms with Gasteiger partial charge in [0.2, 0.25) is 5.91 Å². The number of aromatic nitrogens is 1. The quantitative estimate of drug-likeness (QED) is 0.848. The molecule has 7 nitrogen and oxygen atoms in total. The number of amides is 2. The number of ether oxygens (including phenoxy) is 1. The third-order valence-electron chi connectivity index (χ3n) is 5.23. The number of nitrogens with zero attached hydrogens (tertiary/aromatic N) is 3. The minimum Gasteiger partial charge on any atom is -0.447 e. The van der Waals surface area contributed by atoms with Gasteiger partial charge in [-0.25, -0.2) is 9.78 Å². The summed E-state index contributed by atoms with van der Waals surface area (Å²) in [6, 6.07) is 10.0. The molecule has 0 aliphatic carbocycles. The molecule has 3 heterocycles. The van der Waals surface area contributed by atoms with Crippen LogP contribution in [0.4, 0.5) is 9.93 Å². The van der Waals surface area contributed by atoms with Gasteiger partial charge in [-0.05, 0) is 12.0 Å². The lowest BCUT2D eigenvalue weighted by Gasteiger charge is -2.44. The number of rotatable bonds is 5. The first-order valence-electron chi connectivity index (χ1n) is 9.02. The van der Waals surface area contributed by atoms with Gasteiger partial charge in [0.05, 0.1) is 5.69 Å². The zero-order valence-corrected chi connectivity index (χ0v) is 15.8. The van der Waals surface area contributed by atoms with Crippen molar-refractivity contribution >= 4 is 28.5 Å². The minimum atomic E-state index is -0.489. The van der Waals surface area contributed by atoms with Crippen LogP contribution in [0.2, 0.25) is 0 Å². The van der Waals surface area contributed by atoms with E-state index in [4.69, 9.17) is 10.5 Å². The molecule has 0 saturated carbocycles. The molecule has 1 atom stereocenters. The fraction of sp³-hybridized carbons (Fsp3) is 0.421. The van der Waals surface area contributed by atoms with Crippen LogP contribution < -0.4 is 5.73 Å². The Kier molecular flexibility index (Phi) is 4.73. The summed E-state index contributed by atoms with van der Waals surface area (Å²) in [5.41, 5.74) is 7.14. The molecule has 27 heavy (non-hydrogen) atoms. The molecule has 2 N–H and O–H groups in total. The van der Waals surface area contributed by atoms with Gasteiger partial charge < -0.3 is 15.4 Å². The monoisotopic (exact) mass is 386 g/mol. The number of anilines is 1. The molecule has 2 aromatic rings. The summed E-state index contributed by atoms with van der Waals surface area (Å²) in [7, 11) is 0. The van der Waals surface area contributed by atoms with E-state index in [1.807, 2.05) is 40.6 Å². The second-order valence-electron chi connectivity index (χ2n) is 7.09. The molecule has 1 unspecified atom stereocenters. The molecule has 2 fully saturated rings. The first-order valence-corrected chi connectivity index (χ1v) is 9.90. The molecule has 0 spiro atoms. The Morgan fingerprint density at radius 3 is 2.85 bits per heavy atom. The molecule has 8 heteroatoms. The van der Waals surface area contributed by atoms with E-state index >= 15 is 0 Å². The standard InChI is InChI=1S/C19H22N4O3S/c20-17-21-15(11-27-17)6-7-16(24)22-8-9-23-18(25)26-13-19(23,12-22)10-14-4-2-1-3-5-14/h1-5,11H,6-10,12-13H2,(H2,20,21). The second kappa shape index (κ2) is 7.19. The highest BCUT2D eigenvalue weighted by atomic mass is 32.1. The van der Waals surface area contributed by atoms with E-state index in [-0.39, 0.29) is 12.0 Å². The number of benzene rings is 1. The van der Waals surface area contributed by atoms with Gasteiger partial charge in [-0.1, -0.05) is 30.3 Å². The van der Waals surface area contributed by atoms with Crippen LogP contribution in [0.5, 0.6) is 0 Å². The zero-order chi connectivity index (χ0) is 18.9. The highest BCUT2D eigenvalue weighted by Gasteiger charge is 2.51. The van der Waals surface area contributed by atoms with Crippen molar-refractivity contribution < 1.29 is 14.3 Å². The van der Waals surface area contributed by atoms with Gasteiger partial charge in [0.15, 0.2) is 5.13 Å². The molecule has 2 aliphatic rings. The Morgan fingerprint density at radius 1 is 1.30 bits per heavy atom. The van der Waals surface area contributed by atoms with Gasteiger partial charge in [-0.2, -0.15) is 0 Å². The van der Waals surface area contributed by atoms with Gasteiger partial charge in [0.1, 0.15) is 12.1 Å². The lowest BCUT2D eigenvalue weighted by atomic mass is 9.88. The van der Waals surface area contributed by atoms with Gasteiger partial charge in [-0.15, -0.1) is 11.3 Å². The van der Waals surface area contributed by atoms with Crippen LogP contribution in [0.25, 0.3) is 0 Å². The number of fused-ring (bicyclic) bond motifs is 1. The molecule has 2 amide bonds. The predicted octanol–water partition coefficient (Wildman–Crippen LogP) is 1.93. The molecule has 0 radical (unpaired) electrons. The highest BCUT2D eigenvalue weighted by molar-refractivity contribution is 7.13. The molecular weight excluding hydrogens is 364 g/mol. The molecule has 0 bridgehead atoms. The van der Waals surface area contributed by atoms with Crippen LogP contribution in [0.3, 0.4) is 0 Å². The van der Waals surface area contributed by atoms with E-state index in [1.165, 1.54) is 11.3 Å². The summed E-state index contributed by atoms with van der Waals surface area (Å²) in [5.74, 6) is 0.0769. The van der Waals surface area contributed by atoms with Crippen molar-refractivity contribution in [1.29, 1.82) is 0 Å². The molecule has 1 aromatic carbocycles. The maximum Gasteiger partial charge on any atom is 0.410 e. The van der Waals surface area contributed by atoms with Crippen LogP contribution in [-0.4, -0.2) is 58.6 Å². The topological polar surface area (TPSA) is 88.8 Å². The number of piperazine rings is 1. The lowest BCUT2D eigenvalue weighted by molar-refractivity contribution is -0.135. The summed E-state index contributed by atoms with van der Waals surface area (Å²) in [6.45, 7) is 1.84. The number of nitrogen functional groups attached to an aromatic ring is 1. The Bertz CT molecular complexity index is 840. The van der Waals surface area contributed by atoms with Gasteiger partial charge in [0.25, 0.3) is 0 Å². The van der Waals surface area contributed by atoms with E-state index < -0.39 is 5.54 Å². The number of cyclic esters (lactones) is 1. The average Bonchev–Trinajstić information content (AvgIpc) is 3.23. The molecular formula is C19H22N4O3S. The molecule has 2 aliphatic heterocycles. The number of hydrogen-bond acceptors (Lipinski definition) is 6. The largest absolute Gasteiger partial charge is 0.447 e. The normalized spacial score (nSPS) is 21.9. The Hall–Kier alpha value is -2.61. The molecule has 2 saturated heterocycles. The lowest BCUT2D eigenvalue weighted by Crippen LogP contribution is -2.63. The van der Waals surface area contributed by atoms with Gasteiger partial charge >= 0.3 is 6.09 Å². The van der Waals surface area contributed by atoms with Gasteiger partial charge in [-0.3, -0.25) is 9.69 Å². The third kappa shape index (κ3) is 3.62. The third-order valence-corrected chi connectivity index (χ3v) is 5.95. The Balaban J connectivity index is 1.46. The van der Waals surface area contributed by atoms with Crippen LogP contribution in [0.15, 0.2) is 35.7 Å². The van der Waals surface area contributed by atoms with Crippen LogP contribution in [0, 0.1) is 0 Å². The summed E-state index contributed by atoms with van der Waals surface area (Å²) in [5, 5.41) is 2.41. The van der Waals surface area contributed by atoms with E-state index in [9.17, 15) is 9.59 Å². The first kappa shape index (κ1) is 17.8. The highest BCUT2D eigenvalue weighted by Crippen LogP contribution is 2.32. The summed E-state index contributed by atoms with van der Waals surface area (Å²) < 4.78 is 5.36.